The first kappa shape index (κ1) is 14.9. The average Bonchev–Trinajstić information content (AvgIpc) is 2.92. The normalized spacial score (nSPS) is 21.7. The largest absolute Gasteiger partial charge is 0.348 e. The molecule has 0 radical (unpaired) electrons. The minimum atomic E-state index is -0.423. The van der Waals surface area contributed by atoms with Crippen molar-refractivity contribution in [2.24, 2.45) is 5.92 Å². The molecule has 0 aliphatic carbocycles. The fraction of sp³-hybridized carbons (Fsp3) is 0.400. The summed E-state index contributed by atoms with van der Waals surface area (Å²) in [4.78, 5) is 23.4. The number of rotatable bonds is 3. The number of amides is 1. The van der Waals surface area contributed by atoms with Gasteiger partial charge in [0.25, 0.3) is 11.6 Å². The van der Waals surface area contributed by atoms with Gasteiger partial charge in [0.15, 0.2) is 0 Å². The lowest BCUT2D eigenvalue weighted by Crippen LogP contribution is -2.48. The number of nitrogens with zero attached hydrogens (tertiary/aromatic N) is 1. The predicted octanol–water partition coefficient (Wildman–Crippen LogP) is 2.54. The molecule has 0 bridgehead atoms. The first-order valence-corrected chi connectivity index (χ1v) is 8.06. The minimum absolute atomic E-state index is 0.0456. The van der Waals surface area contributed by atoms with Crippen molar-refractivity contribution < 1.29 is 9.72 Å². The van der Waals surface area contributed by atoms with Crippen molar-refractivity contribution in [1.29, 1.82) is 0 Å². The highest BCUT2D eigenvalue weighted by atomic mass is 32.1. The summed E-state index contributed by atoms with van der Waals surface area (Å²) in [6.07, 6.45) is 0.920. The van der Waals surface area contributed by atoms with Crippen LogP contribution in [0.3, 0.4) is 0 Å². The Bertz CT molecular complexity index is 728. The highest BCUT2D eigenvalue weighted by Gasteiger charge is 2.23. The zero-order valence-corrected chi connectivity index (χ0v) is 13.0. The molecule has 2 atom stereocenters. The van der Waals surface area contributed by atoms with E-state index in [2.05, 4.69) is 17.6 Å². The van der Waals surface area contributed by atoms with Gasteiger partial charge in [-0.15, -0.1) is 11.3 Å². The van der Waals surface area contributed by atoms with E-state index in [1.165, 1.54) is 23.5 Å². The zero-order chi connectivity index (χ0) is 15.7. The van der Waals surface area contributed by atoms with E-state index in [1.807, 2.05) is 0 Å². The fourth-order valence-electron chi connectivity index (χ4n) is 2.72. The monoisotopic (exact) mass is 319 g/mol. The molecule has 6 nitrogen and oxygen atoms in total. The Morgan fingerprint density at radius 2 is 2.27 bits per heavy atom. The third kappa shape index (κ3) is 2.95. The molecule has 1 saturated heterocycles. The molecule has 0 saturated carbocycles. The second-order valence-corrected chi connectivity index (χ2v) is 6.72. The molecule has 2 unspecified atom stereocenters. The van der Waals surface area contributed by atoms with Crippen LogP contribution in [-0.2, 0) is 0 Å². The number of hydrogen-bond acceptors (Lipinski definition) is 5. The topological polar surface area (TPSA) is 84.3 Å². The number of nitrogens with one attached hydrogen (secondary N) is 2. The quantitative estimate of drug-likeness (QED) is 0.672. The van der Waals surface area contributed by atoms with Gasteiger partial charge in [0.05, 0.1) is 9.80 Å². The van der Waals surface area contributed by atoms with Crippen molar-refractivity contribution in [2.75, 3.05) is 13.1 Å². The van der Waals surface area contributed by atoms with Crippen LogP contribution in [0.15, 0.2) is 24.3 Å². The van der Waals surface area contributed by atoms with E-state index in [9.17, 15) is 14.9 Å². The van der Waals surface area contributed by atoms with Gasteiger partial charge in [0, 0.05) is 28.3 Å². The van der Waals surface area contributed by atoms with Gasteiger partial charge in [-0.1, -0.05) is 6.92 Å². The highest BCUT2D eigenvalue weighted by molar-refractivity contribution is 7.20. The van der Waals surface area contributed by atoms with E-state index >= 15 is 0 Å². The molecule has 22 heavy (non-hydrogen) atoms. The van der Waals surface area contributed by atoms with Crippen molar-refractivity contribution in [3.8, 4) is 0 Å². The molecule has 2 aromatic rings. The van der Waals surface area contributed by atoms with Crippen LogP contribution in [0.1, 0.15) is 23.0 Å². The van der Waals surface area contributed by atoms with E-state index in [0.717, 1.165) is 29.6 Å². The standard InChI is InChI=1S/C15H17N3O3S/c1-9-8-16-5-4-12(9)17-15(19)14-7-10-6-11(18(20)21)2-3-13(10)22-14/h2-3,6-7,9,12,16H,4-5,8H2,1H3,(H,17,19). The molecule has 1 aliphatic heterocycles. The Morgan fingerprint density at radius 1 is 1.45 bits per heavy atom. The van der Waals surface area contributed by atoms with E-state index in [0.29, 0.717) is 10.8 Å². The van der Waals surface area contributed by atoms with Gasteiger partial charge in [0.1, 0.15) is 0 Å². The SMILES string of the molecule is CC1CNCCC1NC(=O)c1cc2cc([N+](=O)[O-])ccc2s1. The third-order valence-corrected chi connectivity index (χ3v) is 5.15. The highest BCUT2D eigenvalue weighted by Crippen LogP contribution is 2.29. The molecule has 116 valence electrons. The predicted molar refractivity (Wildman–Crippen MR) is 86.4 cm³/mol. The van der Waals surface area contributed by atoms with Gasteiger partial charge >= 0.3 is 0 Å². The van der Waals surface area contributed by atoms with Crippen molar-refractivity contribution in [1.82, 2.24) is 10.6 Å². The molecule has 1 aliphatic rings. The van der Waals surface area contributed by atoms with Gasteiger partial charge in [-0.3, -0.25) is 14.9 Å². The van der Waals surface area contributed by atoms with Crippen LogP contribution in [0, 0.1) is 16.0 Å². The average molecular weight is 319 g/mol. The number of piperidine rings is 1. The van der Waals surface area contributed by atoms with E-state index in [4.69, 9.17) is 0 Å². The number of nitro groups is 1. The summed E-state index contributed by atoms with van der Waals surface area (Å²) in [6, 6.07) is 6.58. The summed E-state index contributed by atoms with van der Waals surface area (Å²) in [5, 5.41) is 17.9. The van der Waals surface area contributed by atoms with Gasteiger partial charge in [0.2, 0.25) is 0 Å². The smallest absolute Gasteiger partial charge is 0.270 e. The Balaban J connectivity index is 1.80. The van der Waals surface area contributed by atoms with Crippen LogP contribution in [0.2, 0.25) is 0 Å². The van der Waals surface area contributed by atoms with E-state index in [-0.39, 0.29) is 17.6 Å². The molecule has 1 amide bonds. The van der Waals surface area contributed by atoms with Gasteiger partial charge in [-0.25, -0.2) is 0 Å². The summed E-state index contributed by atoms with van der Waals surface area (Å²) < 4.78 is 0.883. The van der Waals surface area contributed by atoms with E-state index < -0.39 is 4.92 Å². The maximum Gasteiger partial charge on any atom is 0.270 e. The van der Waals surface area contributed by atoms with Crippen molar-refractivity contribution in [2.45, 2.75) is 19.4 Å². The maximum absolute atomic E-state index is 12.4. The Hall–Kier alpha value is -1.99. The van der Waals surface area contributed by atoms with Gasteiger partial charge in [-0.2, -0.15) is 0 Å². The Kier molecular flexibility index (Phi) is 4.08. The van der Waals surface area contributed by atoms with Crippen LogP contribution in [0.4, 0.5) is 5.69 Å². The first-order chi connectivity index (χ1) is 10.5. The number of carbonyl (C=O) groups is 1. The third-order valence-electron chi connectivity index (χ3n) is 4.04. The molecule has 2 heterocycles. The minimum Gasteiger partial charge on any atom is -0.348 e. The second-order valence-electron chi connectivity index (χ2n) is 5.64. The lowest BCUT2D eigenvalue weighted by molar-refractivity contribution is -0.384. The molecule has 1 aromatic heterocycles. The summed E-state index contributed by atoms with van der Waals surface area (Å²) in [5.41, 5.74) is 0.0456. The molecule has 1 aromatic carbocycles. The lowest BCUT2D eigenvalue weighted by Gasteiger charge is -2.30. The Labute approximate surface area is 131 Å². The number of carbonyl (C=O) groups excluding carboxylic acids is 1. The van der Waals surface area contributed by atoms with Crippen molar-refractivity contribution >= 4 is 33.0 Å². The molecule has 3 rings (SSSR count). The first-order valence-electron chi connectivity index (χ1n) is 7.24. The van der Waals surface area contributed by atoms with Crippen LogP contribution in [0.5, 0.6) is 0 Å². The maximum atomic E-state index is 12.4. The number of thiophene rings is 1. The fourth-order valence-corrected chi connectivity index (χ4v) is 3.67. The Morgan fingerprint density at radius 3 is 3.00 bits per heavy atom. The van der Waals surface area contributed by atoms with Crippen LogP contribution in [0.25, 0.3) is 10.1 Å². The van der Waals surface area contributed by atoms with Crippen molar-refractivity contribution in [3.63, 3.8) is 0 Å². The van der Waals surface area contributed by atoms with Crippen LogP contribution >= 0.6 is 11.3 Å². The number of fused-ring (bicyclic) bond motifs is 1. The summed E-state index contributed by atoms with van der Waals surface area (Å²) in [7, 11) is 0. The molecule has 1 fully saturated rings. The number of nitro benzene ring substituents is 1. The van der Waals surface area contributed by atoms with E-state index in [1.54, 1.807) is 12.1 Å². The molecular formula is C15H17N3O3S. The van der Waals surface area contributed by atoms with Gasteiger partial charge < -0.3 is 10.6 Å². The van der Waals surface area contributed by atoms with Gasteiger partial charge in [-0.05, 0) is 37.6 Å². The van der Waals surface area contributed by atoms with Crippen LogP contribution in [-0.4, -0.2) is 30.0 Å². The van der Waals surface area contributed by atoms with Crippen molar-refractivity contribution in [3.05, 3.63) is 39.3 Å². The molecule has 2 N–H and O–H groups in total. The summed E-state index contributed by atoms with van der Waals surface area (Å²) in [5.74, 6) is 0.302. The lowest BCUT2D eigenvalue weighted by atomic mass is 9.95. The number of non-ortho nitro benzene ring substituents is 1. The zero-order valence-electron chi connectivity index (χ0n) is 12.2. The second kappa shape index (κ2) is 6.02. The summed E-state index contributed by atoms with van der Waals surface area (Å²) >= 11 is 1.37. The summed E-state index contributed by atoms with van der Waals surface area (Å²) in [6.45, 7) is 3.93. The number of benzene rings is 1. The number of hydrogen-bond donors (Lipinski definition) is 2. The molecular weight excluding hydrogens is 302 g/mol. The molecule has 7 heteroatoms. The van der Waals surface area contributed by atoms with Crippen LogP contribution < -0.4 is 10.6 Å². The molecule has 0 spiro atoms.